The molecule has 162 valence electrons. The van der Waals surface area contributed by atoms with E-state index in [1.54, 1.807) is 26.3 Å². The predicted octanol–water partition coefficient (Wildman–Crippen LogP) is 3.42. The number of amides is 1. The molecule has 1 aliphatic carbocycles. The summed E-state index contributed by atoms with van der Waals surface area (Å²) in [5.41, 5.74) is 0.931. The molecule has 0 unspecified atom stereocenters. The molecule has 7 heteroatoms. The molecule has 1 amide bonds. The normalized spacial score (nSPS) is 20.6. The number of likely N-dealkylation sites (tertiary alicyclic amines) is 1. The lowest BCUT2D eigenvalue weighted by Gasteiger charge is -2.33. The zero-order valence-corrected chi connectivity index (χ0v) is 18.0. The highest BCUT2D eigenvalue weighted by Gasteiger charge is 2.25. The molecular formula is C23H33N5O2. The largest absolute Gasteiger partial charge is 0.390 e. The number of hydrogen-bond acceptors (Lipinski definition) is 5. The molecule has 2 fully saturated rings. The highest BCUT2D eigenvalue weighted by molar-refractivity contribution is 5.91. The topological polar surface area (TPSA) is 94.1 Å². The van der Waals surface area contributed by atoms with E-state index in [4.69, 9.17) is 0 Å². The monoisotopic (exact) mass is 411 g/mol. The van der Waals surface area contributed by atoms with Crippen molar-refractivity contribution in [3.05, 3.63) is 30.2 Å². The van der Waals surface area contributed by atoms with Crippen LogP contribution in [0.15, 0.2) is 24.7 Å². The molecule has 30 heavy (non-hydrogen) atoms. The number of nitrogens with zero attached hydrogens (tertiary/aromatic N) is 3. The summed E-state index contributed by atoms with van der Waals surface area (Å²) >= 11 is 0. The molecule has 0 spiro atoms. The molecule has 3 N–H and O–H groups in total. The molecule has 1 aliphatic heterocycles. The van der Waals surface area contributed by atoms with Crippen LogP contribution in [0.4, 0.5) is 5.82 Å². The van der Waals surface area contributed by atoms with Gasteiger partial charge in [-0.2, -0.15) is 0 Å². The fraction of sp³-hybridized carbons (Fsp3) is 0.609. The summed E-state index contributed by atoms with van der Waals surface area (Å²) < 4.78 is 0. The van der Waals surface area contributed by atoms with E-state index < -0.39 is 5.60 Å². The van der Waals surface area contributed by atoms with Gasteiger partial charge in [-0.25, -0.2) is 9.97 Å². The second-order valence-corrected chi connectivity index (χ2v) is 9.45. The van der Waals surface area contributed by atoms with Crippen molar-refractivity contribution >= 4 is 22.8 Å². The number of rotatable bonds is 7. The Morgan fingerprint density at radius 3 is 2.90 bits per heavy atom. The van der Waals surface area contributed by atoms with Crippen LogP contribution >= 0.6 is 0 Å². The van der Waals surface area contributed by atoms with Crippen molar-refractivity contribution in [2.45, 2.75) is 70.4 Å². The van der Waals surface area contributed by atoms with Crippen LogP contribution in [0.3, 0.4) is 0 Å². The van der Waals surface area contributed by atoms with E-state index in [1.165, 1.54) is 19.3 Å². The highest BCUT2D eigenvalue weighted by atomic mass is 16.3. The number of nitrogens with one attached hydrogen (secondary N) is 2. The van der Waals surface area contributed by atoms with Crippen LogP contribution in [0.2, 0.25) is 0 Å². The fourth-order valence-corrected chi connectivity index (χ4v) is 4.43. The second kappa shape index (κ2) is 8.76. The third kappa shape index (κ3) is 5.01. The van der Waals surface area contributed by atoms with E-state index in [0.29, 0.717) is 13.0 Å². The maximum Gasteiger partial charge on any atom is 0.246 e. The lowest BCUT2D eigenvalue weighted by atomic mass is 9.83. The van der Waals surface area contributed by atoms with Crippen LogP contribution in [0.5, 0.6) is 0 Å². The number of aliphatic hydroxyl groups is 1. The van der Waals surface area contributed by atoms with E-state index in [1.807, 2.05) is 11.1 Å². The summed E-state index contributed by atoms with van der Waals surface area (Å²) in [4.78, 5) is 26.5. The van der Waals surface area contributed by atoms with Crippen molar-refractivity contribution in [3.8, 4) is 0 Å². The maximum absolute atomic E-state index is 12.6. The molecule has 0 bridgehead atoms. The number of carbonyl (C=O) groups is 1. The second-order valence-electron chi connectivity index (χ2n) is 9.45. The number of aromatic nitrogens is 3. The average molecular weight is 412 g/mol. The molecule has 0 radical (unpaired) electrons. The van der Waals surface area contributed by atoms with Crippen LogP contribution in [0.25, 0.3) is 11.0 Å². The zero-order valence-electron chi connectivity index (χ0n) is 18.0. The van der Waals surface area contributed by atoms with Crippen LogP contribution in [-0.2, 0) is 11.2 Å². The number of carbonyl (C=O) groups excluding carboxylic acids is 1. The van der Waals surface area contributed by atoms with Crippen molar-refractivity contribution < 1.29 is 9.90 Å². The molecule has 1 saturated heterocycles. The number of anilines is 1. The van der Waals surface area contributed by atoms with Gasteiger partial charge in [0.15, 0.2) is 0 Å². The minimum atomic E-state index is -0.817. The summed E-state index contributed by atoms with van der Waals surface area (Å²) in [6, 6.07) is 0.144. The van der Waals surface area contributed by atoms with Crippen LogP contribution in [0, 0.1) is 5.92 Å². The van der Waals surface area contributed by atoms with E-state index >= 15 is 0 Å². The zero-order chi connectivity index (χ0) is 21.1. The number of aromatic amines is 1. The van der Waals surface area contributed by atoms with Gasteiger partial charge in [0, 0.05) is 31.7 Å². The Bertz CT molecular complexity index is 910. The van der Waals surface area contributed by atoms with Crippen molar-refractivity contribution in [1.82, 2.24) is 19.9 Å². The summed E-state index contributed by atoms with van der Waals surface area (Å²) in [7, 11) is 0. The van der Waals surface area contributed by atoms with Gasteiger partial charge in [-0.15, -0.1) is 0 Å². The van der Waals surface area contributed by atoms with Gasteiger partial charge in [0.1, 0.15) is 17.8 Å². The van der Waals surface area contributed by atoms with E-state index in [-0.39, 0.29) is 11.9 Å². The Morgan fingerprint density at radius 1 is 1.33 bits per heavy atom. The van der Waals surface area contributed by atoms with Crippen LogP contribution < -0.4 is 5.32 Å². The molecule has 2 aliphatic rings. The molecule has 2 aromatic rings. The van der Waals surface area contributed by atoms with Crippen molar-refractivity contribution in [2.75, 3.05) is 18.4 Å². The van der Waals surface area contributed by atoms with Gasteiger partial charge in [0.25, 0.3) is 0 Å². The Morgan fingerprint density at radius 2 is 2.17 bits per heavy atom. The number of piperidine rings is 1. The lowest BCUT2D eigenvalue weighted by Crippen LogP contribution is -2.44. The quantitative estimate of drug-likeness (QED) is 0.607. The minimum Gasteiger partial charge on any atom is -0.390 e. The molecule has 2 aromatic heterocycles. The predicted molar refractivity (Wildman–Crippen MR) is 118 cm³/mol. The molecular weight excluding hydrogens is 378 g/mol. The van der Waals surface area contributed by atoms with Gasteiger partial charge in [0.2, 0.25) is 5.91 Å². The number of H-pyrrole nitrogens is 1. The molecule has 0 aromatic carbocycles. The third-order valence-corrected chi connectivity index (χ3v) is 6.20. The summed E-state index contributed by atoms with van der Waals surface area (Å²) in [5, 5.41) is 14.7. The fourth-order valence-electron chi connectivity index (χ4n) is 4.43. The van der Waals surface area contributed by atoms with E-state index in [9.17, 15) is 9.90 Å². The molecule has 7 nitrogen and oxygen atoms in total. The first-order chi connectivity index (χ1) is 14.4. The first-order valence-corrected chi connectivity index (χ1v) is 11.1. The summed E-state index contributed by atoms with van der Waals surface area (Å²) in [6.07, 6.45) is 14.7. The Hall–Kier alpha value is -2.41. The third-order valence-electron chi connectivity index (χ3n) is 6.20. The van der Waals surface area contributed by atoms with Gasteiger partial charge < -0.3 is 20.3 Å². The smallest absolute Gasteiger partial charge is 0.246 e. The summed E-state index contributed by atoms with van der Waals surface area (Å²) in [5.74, 6) is 1.66. The van der Waals surface area contributed by atoms with Gasteiger partial charge >= 0.3 is 0 Å². The number of allylic oxidation sites excluding steroid dienone is 1. The maximum atomic E-state index is 12.6. The van der Waals surface area contributed by atoms with E-state index in [0.717, 1.165) is 54.1 Å². The lowest BCUT2D eigenvalue weighted by molar-refractivity contribution is -0.127. The molecule has 1 saturated carbocycles. The number of fused-ring (bicyclic) bond motifs is 1. The van der Waals surface area contributed by atoms with Gasteiger partial charge in [-0.3, -0.25) is 4.79 Å². The van der Waals surface area contributed by atoms with Crippen molar-refractivity contribution in [1.29, 1.82) is 0 Å². The standard InChI is InChI=1S/C23H33N5O2/c1-23(2,30)12-17-13-24-21-20(17)22(26-15-25-21)27-18-9-5-11-28(14-18)19(29)10-4-8-16-6-3-7-16/h4,10,13,15-16,18,30H,3,5-9,11-12,14H2,1-2H3,(H2,24,25,26,27)/b10-4+/t18-/m1/s1. The summed E-state index contributed by atoms with van der Waals surface area (Å²) in [6.45, 7) is 5.07. The first-order valence-electron chi connectivity index (χ1n) is 11.1. The highest BCUT2D eigenvalue weighted by Crippen LogP contribution is 2.30. The molecule has 3 heterocycles. The first kappa shape index (κ1) is 20.8. The van der Waals surface area contributed by atoms with Gasteiger partial charge in [-0.05, 0) is 50.7 Å². The van der Waals surface area contributed by atoms with Crippen LogP contribution in [-0.4, -0.2) is 55.6 Å². The number of hydrogen-bond donors (Lipinski definition) is 3. The van der Waals surface area contributed by atoms with Gasteiger partial charge in [0.05, 0.1) is 11.0 Å². The van der Waals surface area contributed by atoms with Crippen molar-refractivity contribution in [2.24, 2.45) is 5.92 Å². The van der Waals surface area contributed by atoms with E-state index in [2.05, 4.69) is 26.3 Å². The minimum absolute atomic E-state index is 0.109. The molecule has 1 atom stereocenters. The van der Waals surface area contributed by atoms with Crippen molar-refractivity contribution in [3.63, 3.8) is 0 Å². The molecule has 4 rings (SSSR count). The van der Waals surface area contributed by atoms with Crippen LogP contribution in [0.1, 0.15) is 57.9 Å². The Kier molecular flexibility index (Phi) is 6.09. The SMILES string of the molecule is CC(C)(O)Cc1c[nH]c2ncnc(N[C@@H]3CCCN(C(=O)/C=C/CC4CCC4)C3)c12. The Balaban J connectivity index is 1.43. The average Bonchev–Trinajstić information content (AvgIpc) is 3.06. The van der Waals surface area contributed by atoms with Gasteiger partial charge in [-0.1, -0.05) is 25.3 Å². The Labute approximate surface area is 178 Å².